The number of ether oxygens (including phenoxy) is 1. The summed E-state index contributed by atoms with van der Waals surface area (Å²) in [6.45, 7) is 6.83. The van der Waals surface area contributed by atoms with E-state index in [1.54, 1.807) is 0 Å². The van der Waals surface area contributed by atoms with Crippen LogP contribution in [0, 0.1) is 0 Å². The van der Waals surface area contributed by atoms with Crippen LogP contribution >= 0.6 is 24.0 Å². The first-order valence-electron chi connectivity index (χ1n) is 12.6. The van der Waals surface area contributed by atoms with E-state index in [0.717, 1.165) is 50.8 Å². The fourth-order valence-electron chi connectivity index (χ4n) is 5.13. The molecule has 188 valence electrons. The maximum Gasteiger partial charge on any atom is 0.0722 e. The molecule has 1 aliphatic heterocycles. The van der Waals surface area contributed by atoms with Gasteiger partial charge in [-0.2, -0.15) is 0 Å². The van der Waals surface area contributed by atoms with Crippen molar-refractivity contribution >= 4 is 34.8 Å². The first-order chi connectivity index (χ1) is 17.3. The standard InChI is InChI=1S/C31H33ClN2O.ClH/c32-29-16-14-27(15-17-29)31(26-9-2-1-3-10-26)34-21-19-33(20-22-34)18-7-23-35-24-28-12-6-11-25-8-4-5-13-30(25)28;/h1-6,8-17,31H,7,18-24H2;1H. The number of piperazine rings is 1. The molecule has 0 aromatic heterocycles. The fraction of sp³-hybridized carbons (Fsp3) is 0.290. The highest BCUT2D eigenvalue weighted by Gasteiger charge is 2.26. The first-order valence-corrected chi connectivity index (χ1v) is 13.0. The van der Waals surface area contributed by atoms with Crippen LogP contribution in [0.2, 0.25) is 5.02 Å². The third-order valence-electron chi connectivity index (χ3n) is 6.97. The number of benzene rings is 4. The van der Waals surface area contributed by atoms with Crippen molar-refractivity contribution in [1.29, 1.82) is 0 Å². The number of halogens is 2. The van der Waals surface area contributed by atoms with Gasteiger partial charge in [-0.15, -0.1) is 12.4 Å². The largest absolute Gasteiger partial charge is 0.377 e. The van der Waals surface area contributed by atoms with Gasteiger partial charge in [0.05, 0.1) is 12.6 Å². The van der Waals surface area contributed by atoms with Gasteiger partial charge in [0, 0.05) is 44.4 Å². The minimum Gasteiger partial charge on any atom is -0.377 e. The van der Waals surface area contributed by atoms with Crippen LogP contribution in [0.25, 0.3) is 10.8 Å². The molecule has 3 nitrogen and oxygen atoms in total. The minimum absolute atomic E-state index is 0. The number of rotatable bonds is 9. The molecule has 1 atom stereocenters. The van der Waals surface area contributed by atoms with Crippen LogP contribution < -0.4 is 0 Å². The van der Waals surface area contributed by atoms with Crippen LogP contribution in [-0.4, -0.2) is 49.1 Å². The van der Waals surface area contributed by atoms with Crippen molar-refractivity contribution in [3.63, 3.8) is 0 Å². The number of hydrogen-bond acceptors (Lipinski definition) is 3. The average molecular weight is 522 g/mol. The zero-order chi connectivity index (χ0) is 23.9. The molecule has 0 aliphatic carbocycles. The Hall–Kier alpha value is -2.40. The second kappa shape index (κ2) is 13.2. The smallest absolute Gasteiger partial charge is 0.0722 e. The molecule has 1 fully saturated rings. The van der Waals surface area contributed by atoms with E-state index in [1.165, 1.54) is 27.5 Å². The summed E-state index contributed by atoms with van der Waals surface area (Å²) in [5.41, 5.74) is 3.91. The molecule has 1 aliphatic rings. The van der Waals surface area contributed by atoms with Gasteiger partial charge in [0.25, 0.3) is 0 Å². The van der Waals surface area contributed by atoms with Gasteiger partial charge in [0.2, 0.25) is 0 Å². The van der Waals surface area contributed by atoms with E-state index in [0.29, 0.717) is 6.61 Å². The Balaban J connectivity index is 0.00000304. The summed E-state index contributed by atoms with van der Waals surface area (Å²) in [4.78, 5) is 5.17. The molecule has 0 bridgehead atoms. The van der Waals surface area contributed by atoms with Gasteiger partial charge in [-0.25, -0.2) is 0 Å². The average Bonchev–Trinajstić information content (AvgIpc) is 2.91. The maximum atomic E-state index is 6.17. The number of nitrogens with zero attached hydrogens (tertiary/aromatic N) is 2. The predicted molar refractivity (Wildman–Crippen MR) is 153 cm³/mol. The highest BCUT2D eigenvalue weighted by molar-refractivity contribution is 6.30. The highest BCUT2D eigenvalue weighted by Crippen LogP contribution is 2.30. The van der Waals surface area contributed by atoms with Crippen molar-refractivity contribution in [1.82, 2.24) is 9.80 Å². The molecular formula is C31H34Cl2N2O. The molecule has 0 radical (unpaired) electrons. The van der Waals surface area contributed by atoms with E-state index in [2.05, 4.69) is 94.7 Å². The lowest BCUT2D eigenvalue weighted by atomic mass is 9.96. The number of fused-ring (bicyclic) bond motifs is 1. The summed E-state index contributed by atoms with van der Waals surface area (Å²) in [7, 11) is 0. The second-order valence-corrected chi connectivity index (χ2v) is 9.72. The van der Waals surface area contributed by atoms with Crippen LogP contribution in [-0.2, 0) is 11.3 Å². The Morgan fingerprint density at radius 3 is 2.17 bits per heavy atom. The quantitative estimate of drug-likeness (QED) is 0.216. The van der Waals surface area contributed by atoms with Gasteiger partial charge in [0.15, 0.2) is 0 Å². The van der Waals surface area contributed by atoms with E-state index >= 15 is 0 Å². The van der Waals surface area contributed by atoms with Gasteiger partial charge in [-0.1, -0.05) is 96.5 Å². The summed E-state index contributed by atoms with van der Waals surface area (Å²) < 4.78 is 6.06. The monoisotopic (exact) mass is 520 g/mol. The van der Waals surface area contributed by atoms with Crippen molar-refractivity contribution in [3.8, 4) is 0 Å². The van der Waals surface area contributed by atoms with Crippen LogP contribution in [0.3, 0.4) is 0 Å². The lowest BCUT2D eigenvalue weighted by Crippen LogP contribution is -2.48. The zero-order valence-corrected chi connectivity index (χ0v) is 22.1. The van der Waals surface area contributed by atoms with Gasteiger partial charge in [-0.3, -0.25) is 4.90 Å². The van der Waals surface area contributed by atoms with Crippen LogP contribution in [0.5, 0.6) is 0 Å². The zero-order valence-electron chi connectivity index (χ0n) is 20.6. The highest BCUT2D eigenvalue weighted by atomic mass is 35.5. The number of hydrogen-bond donors (Lipinski definition) is 0. The van der Waals surface area contributed by atoms with Crippen molar-refractivity contribution in [2.75, 3.05) is 39.3 Å². The summed E-state index contributed by atoms with van der Waals surface area (Å²) in [5, 5.41) is 3.35. The molecule has 5 rings (SSSR count). The molecule has 36 heavy (non-hydrogen) atoms. The van der Waals surface area contributed by atoms with E-state index < -0.39 is 0 Å². The molecule has 4 aromatic rings. The van der Waals surface area contributed by atoms with Gasteiger partial charge in [-0.05, 0) is 46.0 Å². The third-order valence-corrected chi connectivity index (χ3v) is 7.23. The van der Waals surface area contributed by atoms with Crippen molar-refractivity contribution in [2.45, 2.75) is 19.1 Å². The lowest BCUT2D eigenvalue weighted by Gasteiger charge is -2.39. The molecule has 1 heterocycles. The normalized spacial score (nSPS) is 15.5. The van der Waals surface area contributed by atoms with E-state index in [1.807, 2.05) is 12.1 Å². The Bertz CT molecular complexity index is 1200. The Labute approximate surface area is 226 Å². The van der Waals surface area contributed by atoms with Gasteiger partial charge >= 0.3 is 0 Å². The molecule has 0 spiro atoms. The predicted octanol–water partition coefficient (Wildman–Crippen LogP) is 7.23. The van der Waals surface area contributed by atoms with E-state index in [9.17, 15) is 0 Å². The Kier molecular flexibility index (Phi) is 9.80. The summed E-state index contributed by atoms with van der Waals surface area (Å²) in [6.07, 6.45) is 1.06. The van der Waals surface area contributed by atoms with Crippen LogP contribution in [0.4, 0.5) is 0 Å². The summed E-state index contributed by atoms with van der Waals surface area (Å²) in [5.74, 6) is 0. The molecule has 1 saturated heterocycles. The molecule has 0 N–H and O–H groups in total. The fourth-order valence-corrected chi connectivity index (χ4v) is 5.26. The van der Waals surface area contributed by atoms with Gasteiger partial charge < -0.3 is 9.64 Å². The molecule has 0 amide bonds. The topological polar surface area (TPSA) is 15.7 Å². The minimum atomic E-state index is 0. The molecule has 4 aromatic carbocycles. The second-order valence-electron chi connectivity index (χ2n) is 9.29. The Morgan fingerprint density at radius 1 is 0.722 bits per heavy atom. The molecule has 0 saturated carbocycles. The first kappa shape index (κ1) is 26.7. The SMILES string of the molecule is Cl.Clc1ccc(C(c2ccccc2)N2CCN(CCCOCc3cccc4ccccc34)CC2)cc1. The summed E-state index contributed by atoms with van der Waals surface area (Å²) >= 11 is 6.17. The molecular weight excluding hydrogens is 487 g/mol. The Morgan fingerprint density at radius 2 is 1.39 bits per heavy atom. The molecule has 5 heteroatoms. The maximum absolute atomic E-state index is 6.17. The van der Waals surface area contributed by atoms with Gasteiger partial charge in [0.1, 0.15) is 0 Å². The van der Waals surface area contributed by atoms with E-state index in [-0.39, 0.29) is 18.4 Å². The van der Waals surface area contributed by atoms with Crippen LogP contribution in [0.15, 0.2) is 97.1 Å². The van der Waals surface area contributed by atoms with Crippen molar-refractivity contribution < 1.29 is 4.74 Å². The van der Waals surface area contributed by atoms with E-state index in [4.69, 9.17) is 16.3 Å². The van der Waals surface area contributed by atoms with Crippen molar-refractivity contribution in [3.05, 3.63) is 119 Å². The summed E-state index contributed by atoms with van der Waals surface area (Å²) in [6, 6.07) is 34.4. The lowest BCUT2D eigenvalue weighted by molar-refractivity contribution is 0.0836. The van der Waals surface area contributed by atoms with Crippen molar-refractivity contribution in [2.24, 2.45) is 0 Å². The third kappa shape index (κ3) is 6.67. The molecule has 1 unspecified atom stereocenters. The van der Waals surface area contributed by atoms with Crippen LogP contribution in [0.1, 0.15) is 29.2 Å².